The molecule has 0 amide bonds. The summed E-state index contributed by atoms with van der Waals surface area (Å²) in [6.45, 7) is 11.0. The van der Waals surface area contributed by atoms with Crippen molar-refractivity contribution in [2.45, 2.75) is 52.7 Å². The molecule has 0 aromatic carbocycles. The molecule has 0 bridgehead atoms. The van der Waals surface area contributed by atoms with E-state index < -0.39 is 0 Å². The van der Waals surface area contributed by atoms with Gasteiger partial charge in [-0.1, -0.05) is 6.92 Å². The SMILES string of the molecule is CCc1n[nH]c2c1CN(C(C)(C)C)C2. The van der Waals surface area contributed by atoms with Crippen LogP contribution in [0.1, 0.15) is 44.6 Å². The molecule has 0 fully saturated rings. The first-order chi connectivity index (χ1) is 6.52. The summed E-state index contributed by atoms with van der Waals surface area (Å²) in [6.07, 6.45) is 1.03. The zero-order valence-electron chi connectivity index (χ0n) is 9.52. The molecule has 0 aliphatic carbocycles. The maximum Gasteiger partial charge on any atom is 0.0667 e. The van der Waals surface area contributed by atoms with Gasteiger partial charge < -0.3 is 0 Å². The number of nitrogens with zero attached hydrogens (tertiary/aromatic N) is 2. The summed E-state index contributed by atoms with van der Waals surface area (Å²) in [5, 5.41) is 7.47. The number of fused-ring (bicyclic) bond motifs is 1. The van der Waals surface area contributed by atoms with Crippen molar-refractivity contribution < 1.29 is 0 Å². The third kappa shape index (κ3) is 1.46. The molecule has 2 heterocycles. The van der Waals surface area contributed by atoms with Gasteiger partial charge in [0, 0.05) is 24.2 Å². The number of H-pyrrole nitrogens is 1. The quantitative estimate of drug-likeness (QED) is 0.740. The molecule has 0 spiro atoms. The van der Waals surface area contributed by atoms with Gasteiger partial charge in [0.25, 0.3) is 0 Å². The number of aryl methyl sites for hydroxylation is 1. The average Bonchev–Trinajstić information content (AvgIpc) is 2.58. The van der Waals surface area contributed by atoms with Crippen molar-refractivity contribution in [1.29, 1.82) is 0 Å². The van der Waals surface area contributed by atoms with Gasteiger partial charge in [-0.3, -0.25) is 10.00 Å². The Balaban J connectivity index is 2.22. The van der Waals surface area contributed by atoms with E-state index in [2.05, 4.69) is 42.8 Å². The lowest BCUT2D eigenvalue weighted by Gasteiger charge is -2.31. The van der Waals surface area contributed by atoms with Crippen LogP contribution < -0.4 is 0 Å². The Hall–Kier alpha value is -0.830. The van der Waals surface area contributed by atoms with Crippen LogP contribution in [0.2, 0.25) is 0 Å². The van der Waals surface area contributed by atoms with E-state index in [4.69, 9.17) is 0 Å². The van der Waals surface area contributed by atoms with Crippen LogP contribution in [-0.4, -0.2) is 20.6 Å². The first kappa shape index (κ1) is 9.71. The number of aromatic amines is 1. The van der Waals surface area contributed by atoms with Gasteiger partial charge in [0.1, 0.15) is 0 Å². The number of nitrogens with one attached hydrogen (secondary N) is 1. The van der Waals surface area contributed by atoms with Crippen LogP contribution in [0.25, 0.3) is 0 Å². The summed E-state index contributed by atoms with van der Waals surface area (Å²) >= 11 is 0. The molecule has 0 unspecified atom stereocenters. The highest BCUT2D eigenvalue weighted by molar-refractivity contribution is 5.29. The van der Waals surface area contributed by atoms with Crippen LogP contribution in [0, 0.1) is 0 Å². The smallest absolute Gasteiger partial charge is 0.0667 e. The van der Waals surface area contributed by atoms with E-state index in [0.29, 0.717) is 0 Å². The average molecular weight is 193 g/mol. The predicted molar refractivity (Wildman–Crippen MR) is 57.0 cm³/mol. The van der Waals surface area contributed by atoms with Crippen molar-refractivity contribution in [3.8, 4) is 0 Å². The van der Waals surface area contributed by atoms with Gasteiger partial charge in [0.15, 0.2) is 0 Å². The number of hydrogen-bond acceptors (Lipinski definition) is 2. The normalized spacial score (nSPS) is 17.4. The van der Waals surface area contributed by atoms with Crippen molar-refractivity contribution in [3.63, 3.8) is 0 Å². The zero-order chi connectivity index (χ0) is 10.3. The lowest BCUT2D eigenvalue weighted by Crippen LogP contribution is -2.37. The number of rotatable bonds is 1. The van der Waals surface area contributed by atoms with Crippen LogP contribution in [0.15, 0.2) is 0 Å². The second-order valence-corrected chi connectivity index (χ2v) is 5.01. The maximum atomic E-state index is 4.32. The predicted octanol–water partition coefficient (Wildman–Crippen LogP) is 2.09. The van der Waals surface area contributed by atoms with Crippen molar-refractivity contribution >= 4 is 0 Å². The molecule has 2 rings (SSSR count). The van der Waals surface area contributed by atoms with E-state index in [-0.39, 0.29) is 5.54 Å². The van der Waals surface area contributed by atoms with Crippen molar-refractivity contribution in [2.75, 3.05) is 0 Å². The van der Waals surface area contributed by atoms with Gasteiger partial charge >= 0.3 is 0 Å². The maximum absolute atomic E-state index is 4.32. The van der Waals surface area contributed by atoms with Gasteiger partial charge in [-0.15, -0.1) is 0 Å². The lowest BCUT2D eigenvalue weighted by molar-refractivity contribution is 0.134. The Kier molecular flexibility index (Phi) is 2.14. The minimum atomic E-state index is 0.255. The van der Waals surface area contributed by atoms with E-state index in [0.717, 1.165) is 19.5 Å². The fourth-order valence-corrected chi connectivity index (χ4v) is 1.97. The Labute approximate surface area is 85.5 Å². The molecule has 1 aliphatic rings. The molecule has 14 heavy (non-hydrogen) atoms. The molecule has 0 radical (unpaired) electrons. The molecule has 1 N–H and O–H groups in total. The van der Waals surface area contributed by atoms with E-state index in [1.54, 1.807) is 0 Å². The molecule has 3 nitrogen and oxygen atoms in total. The van der Waals surface area contributed by atoms with Crippen molar-refractivity contribution in [2.24, 2.45) is 0 Å². The van der Waals surface area contributed by atoms with Crippen LogP contribution >= 0.6 is 0 Å². The minimum absolute atomic E-state index is 0.255. The summed E-state index contributed by atoms with van der Waals surface area (Å²) in [5.41, 5.74) is 4.25. The Morgan fingerprint density at radius 3 is 2.64 bits per heavy atom. The fourth-order valence-electron chi connectivity index (χ4n) is 1.97. The van der Waals surface area contributed by atoms with Crippen LogP contribution in [0.3, 0.4) is 0 Å². The van der Waals surface area contributed by atoms with E-state index in [1.807, 2.05) is 0 Å². The first-order valence-electron chi connectivity index (χ1n) is 5.32. The summed E-state index contributed by atoms with van der Waals surface area (Å²) < 4.78 is 0. The Morgan fingerprint density at radius 2 is 2.07 bits per heavy atom. The zero-order valence-corrected chi connectivity index (χ0v) is 9.52. The van der Waals surface area contributed by atoms with Crippen molar-refractivity contribution in [1.82, 2.24) is 15.1 Å². The van der Waals surface area contributed by atoms with Gasteiger partial charge in [-0.2, -0.15) is 5.10 Å². The number of aromatic nitrogens is 2. The highest BCUT2D eigenvalue weighted by Crippen LogP contribution is 2.29. The molecule has 1 aromatic rings. The highest BCUT2D eigenvalue weighted by atomic mass is 15.2. The molecule has 78 valence electrons. The fraction of sp³-hybridized carbons (Fsp3) is 0.727. The highest BCUT2D eigenvalue weighted by Gasteiger charge is 2.30. The Morgan fingerprint density at radius 1 is 1.36 bits per heavy atom. The largest absolute Gasteiger partial charge is 0.288 e. The summed E-state index contributed by atoms with van der Waals surface area (Å²) in [7, 11) is 0. The van der Waals surface area contributed by atoms with Gasteiger partial charge in [-0.05, 0) is 27.2 Å². The molecule has 1 aliphatic heterocycles. The molecular formula is C11H19N3. The van der Waals surface area contributed by atoms with Crippen LogP contribution in [0.4, 0.5) is 0 Å². The van der Waals surface area contributed by atoms with Crippen LogP contribution in [0.5, 0.6) is 0 Å². The molecule has 0 saturated heterocycles. The first-order valence-corrected chi connectivity index (χ1v) is 5.32. The molecule has 0 atom stereocenters. The summed E-state index contributed by atoms with van der Waals surface area (Å²) in [5.74, 6) is 0. The van der Waals surface area contributed by atoms with Crippen LogP contribution in [-0.2, 0) is 19.5 Å². The third-order valence-electron chi connectivity index (χ3n) is 3.02. The second-order valence-electron chi connectivity index (χ2n) is 5.01. The van der Waals surface area contributed by atoms with Crippen molar-refractivity contribution in [3.05, 3.63) is 17.0 Å². The molecule has 0 saturated carbocycles. The van der Waals surface area contributed by atoms with E-state index in [1.165, 1.54) is 17.0 Å². The monoisotopic (exact) mass is 193 g/mol. The van der Waals surface area contributed by atoms with Gasteiger partial charge in [-0.25, -0.2) is 0 Å². The van der Waals surface area contributed by atoms with E-state index in [9.17, 15) is 0 Å². The van der Waals surface area contributed by atoms with Gasteiger partial charge in [0.05, 0.1) is 11.4 Å². The summed E-state index contributed by atoms with van der Waals surface area (Å²) in [6, 6.07) is 0. The van der Waals surface area contributed by atoms with E-state index >= 15 is 0 Å². The number of hydrogen-bond donors (Lipinski definition) is 1. The second kappa shape index (κ2) is 3.09. The Bertz CT molecular complexity index is 333. The third-order valence-corrected chi connectivity index (χ3v) is 3.02. The molecule has 1 aromatic heterocycles. The molecular weight excluding hydrogens is 174 g/mol. The topological polar surface area (TPSA) is 31.9 Å². The summed E-state index contributed by atoms with van der Waals surface area (Å²) in [4.78, 5) is 2.48. The molecule has 3 heteroatoms. The standard InChI is InChI=1S/C11H19N3/c1-5-9-8-6-14(11(2,3)4)7-10(8)13-12-9/h5-7H2,1-4H3,(H,12,13). The minimum Gasteiger partial charge on any atom is -0.288 e. The van der Waals surface area contributed by atoms with Gasteiger partial charge in [0.2, 0.25) is 0 Å². The lowest BCUT2D eigenvalue weighted by atomic mass is 10.1.